The van der Waals surface area contributed by atoms with E-state index in [0.29, 0.717) is 16.8 Å². The Balaban J connectivity index is 1.93. The van der Waals surface area contributed by atoms with Gasteiger partial charge in [0, 0.05) is 17.2 Å². The minimum Gasteiger partial charge on any atom is -0.349 e. The number of amides is 1. The van der Waals surface area contributed by atoms with Crippen LogP contribution in [0, 0.1) is 12.7 Å². The number of halogens is 1. The highest BCUT2D eigenvalue weighted by Crippen LogP contribution is 2.23. The first-order chi connectivity index (χ1) is 9.63. The third-order valence-electron chi connectivity index (χ3n) is 3.21. The molecule has 2 aromatic rings. The number of benzene rings is 1. The van der Waals surface area contributed by atoms with Crippen LogP contribution in [-0.4, -0.2) is 22.1 Å². The normalized spacial score (nSPS) is 14.1. The molecular weight excluding hydrogens is 257 g/mol. The standard InChI is InChI=1S/C15H14FN3O/c1-9-2-7-14(19-18-9)12-8-10(3-6-13(12)16)15(20)17-11-4-5-11/h2-3,6-8,11H,4-5H2,1H3,(H,17,20). The number of rotatable bonds is 3. The number of aryl methyl sites for hydroxylation is 1. The fourth-order valence-electron chi connectivity index (χ4n) is 1.90. The van der Waals surface area contributed by atoms with Crippen LogP contribution in [0.5, 0.6) is 0 Å². The van der Waals surface area contributed by atoms with E-state index in [0.717, 1.165) is 18.5 Å². The molecule has 1 saturated carbocycles. The van der Waals surface area contributed by atoms with Crippen molar-refractivity contribution < 1.29 is 9.18 Å². The summed E-state index contributed by atoms with van der Waals surface area (Å²) < 4.78 is 13.9. The first-order valence-electron chi connectivity index (χ1n) is 6.54. The second kappa shape index (κ2) is 5.00. The smallest absolute Gasteiger partial charge is 0.251 e. The van der Waals surface area contributed by atoms with Crippen LogP contribution in [0.25, 0.3) is 11.3 Å². The third-order valence-corrected chi connectivity index (χ3v) is 3.21. The lowest BCUT2D eigenvalue weighted by Crippen LogP contribution is -2.25. The molecule has 0 radical (unpaired) electrons. The molecule has 102 valence electrons. The van der Waals surface area contributed by atoms with E-state index in [9.17, 15) is 9.18 Å². The molecule has 1 N–H and O–H groups in total. The van der Waals surface area contributed by atoms with Gasteiger partial charge in [-0.2, -0.15) is 10.2 Å². The van der Waals surface area contributed by atoms with Gasteiger partial charge < -0.3 is 5.32 Å². The Morgan fingerprint density at radius 2 is 2.05 bits per heavy atom. The van der Waals surface area contributed by atoms with Crippen LogP contribution in [0.4, 0.5) is 4.39 Å². The first-order valence-corrected chi connectivity index (χ1v) is 6.54. The van der Waals surface area contributed by atoms with Crippen molar-refractivity contribution in [3.63, 3.8) is 0 Å². The molecule has 5 heteroatoms. The predicted octanol–water partition coefficient (Wildman–Crippen LogP) is 2.48. The van der Waals surface area contributed by atoms with Gasteiger partial charge in [-0.3, -0.25) is 4.79 Å². The molecule has 3 rings (SSSR count). The number of carbonyl (C=O) groups is 1. The monoisotopic (exact) mass is 271 g/mol. The predicted molar refractivity (Wildman–Crippen MR) is 72.7 cm³/mol. The van der Waals surface area contributed by atoms with Crippen LogP contribution in [0.2, 0.25) is 0 Å². The van der Waals surface area contributed by atoms with Crippen molar-refractivity contribution in [1.82, 2.24) is 15.5 Å². The zero-order chi connectivity index (χ0) is 14.1. The maximum atomic E-state index is 13.9. The molecule has 0 unspecified atom stereocenters. The minimum atomic E-state index is -0.411. The summed E-state index contributed by atoms with van der Waals surface area (Å²) in [5.41, 5.74) is 1.92. The van der Waals surface area contributed by atoms with Gasteiger partial charge in [0.1, 0.15) is 5.82 Å². The minimum absolute atomic E-state index is 0.172. The van der Waals surface area contributed by atoms with E-state index in [-0.39, 0.29) is 11.9 Å². The van der Waals surface area contributed by atoms with E-state index in [1.165, 1.54) is 18.2 Å². The van der Waals surface area contributed by atoms with Crippen LogP contribution in [0.15, 0.2) is 30.3 Å². The second-order valence-electron chi connectivity index (χ2n) is 5.00. The number of nitrogens with one attached hydrogen (secondary N) is 1. The number of hydrogen-bond acceptors (Lipinski definition) is 3. The van der Waals surface area contributed by atoms with Crippen molar-refractivity contribution in [2.24, 2.45) is 0 Å². The largest absolute Gasteiger partial charge is 0.349 e. The van der Waals surface area contributed by atoms with Gasteiger partial charge in [0.15, 0.2) is 0 Å². The van der Waals surface area contributed by atoms with Gasteiger partial charge in [-0.1, -0.05) is 0 Å². The number of hydrogen-bond donors (Lipinski definition) is 1. The summed E-state index contributed by atoms with van der Waals surface area (Å²) in [5.74, 6) is -0.583. The molecule has 1 aliphatic carbocycles. The zero-order valence-electron chi connectivity index (χ0n) is 11.1. The van der Waals surface area contributed by atoms with Crippen molar-refractivity contribution in [3.05, 3.63) is 47.4 Å². The molecule has 1 amide bonds. The summed E-state index contributed by atoms with van der Waals surface area (Å²) in [6.07, 6.45) is 2.03. The highest BCUT2D eigenvalue weighted by Gasteiger charge is 2.24. The van der Waals surface area contributed by atoms with Gasteiger partial charge in [0.05, 0.1) is 11.4 Å². The van der Waals surface area contributed by atoms with Crippen molar-refractivity contribution in [2.45, 2.75) is 25.8 Å². The molecule has 0 saturated heterocycles. The molecular formula is C15H14FN3O. The van der Waals surface area contributed by atoms with E-state index in [2.05, 4.69) is 15.5 Å². The van der Waals surface area contributed by atoms with Crippen molar-refractivity contribution >= 4 is 5.91 Å². The molecule has 1 fully saturated rings. The van der Waals surface area contributed by atoms with Crippen LogP contribution >= 0.6 is 0 Å². The lowest BCUT2D eigenvalue weighted by Gasteiger charge is -2.07. The Morgan fingerprint density at radius 1 is 1.25 bits per heavy atom. The summed E-state index contributed by atoms with van der Waals surface area (Å²) in [5, 5.41) is 10.8. The Labute approximate surface area is 116 Å². The molecule has 0 atom stereocenters. The van der Waals surface area contributed by atoms with E-state index < -0.39 is 5.82 Å². The van der Waals surface area contributed by atoms with Crippen LogP contribution in [-0.2, 0) is 0 Å². The first kappa shape index (κ1) is 12.7. The number of aromatic nitrogens is 2. The molecule has 0 aliphatic heterocycles. The third kappa shape index (κ3) is 2.66. The Hall–Kier alpha value is -2.30. The van der Waals surface area contributed by atoms with E-state index >= 15 is 0 Å². The molecule has 1 aromatic heterocycles. The van der Waals surface area contributed by atoms with E-state index in [1.807, 2.05) is 6.92 Å². The van der Waals surface area contributed by atoms with Gasteiger partial charge >= 0.3 is 0 Å². The molecule has 20 heavy (non-hydrogen) atoms. The van der Waals surface area contributed by atoms with Gasteiger partial charge in [0.2, 0.25) is 0 Å². The molecule has 1 aromatic carbocycles. The molecule has 1 aliphatic rings. The fourth-order valence-corrected chi connectivity index (χ4v) is 1.90. The van der Waals surface area contributed by atoms with E-state index in [1.54, 1.807) is 12.1 Å². The maximum absolute atomic E-state index is 13.9. The van der Waals surface area contributed by atoms with Gasteiger partial charge in [-0.25, -0.2) is 4.39 Å². The lowest BCUT2D eigenvalue weighted by molar-refractivity contribution is 0.0951. The van der Waals surface area contributed by atoms with Crippen LogP contribution in [0.1, 0.15) is 28.9 Å². The van der Waals surface area contributed by atoms with Crippen LogP contribution < -0.4 is 5.32 Å². The highest BCUT2D eigenvalue weighted by atomic mass is 19.1. The number of nitrogens with zero attached hydrogens (tertiary/aromatic N) is 2. The van der Waals surface area contributed by atoms with Gasteiger partial charge in [-0.15, -0.1) is 0 Å². The quantitative estimate of drug-likeness (QED) is 0.933. The van der Waals surface area contributed by atoms with Gasteiger partial charge in [0.25, 0.3) is 5.91 Å². The average molecular weight is 271 g/mol. The maximum Gasteiger partial charge on any atom is 0.251 e. The zero-order valence-corrected chi connectivity index (χ0v) is 11.1. The molecule has 0 bridgehead atoms. The van der Waals surface area contributed by atoms with E-state index in [4.69, 9.17) is 0 Å². The SMILES string of the molecule is Cc1ccc(-c2cc(C(=O)NC3CC3)ccc2F)nn1. The number of carbonyl (C=O) groups excluding carboxylic acids is 1. The summed E-state index contributed by atoms with van der Waals surface area (Å²) in [4.78, 5) is 12.0. The van der Waals surface area contributed by atoms with Crippen molar-refractivity contribution in [1.29, 1.82) is 0 Å². The Bertz CT molecular complexity index is 651. The van der Waals surface area contributed by atoms with Crippen molar-refractivity contribution in [3.8, 4) is 11.3 Å². The summed E-state index contributed by atoms with van der Waals surface area (Å²) in [6, 6.07) is 8.03. The summed E-state index contributed by atoms with van der Waals surface area (Å²) in [6.45, 7) is 1.81. The molecule has 1 heterocycles. The molecule has 0 spiro atoms. The highest BCUT2D eigenvalue weighted by molar-refractivity contribution is 5.95. The lowest BCUT2D eigenvalue weighted by atomic mass is 10.1. The van der Waals surface area contributed by atoms with Gasteiger partial charge in [-0.05, 0) is 50.1 Å². The fraction of sp³-hybridized carbons (Fsp3) is 0.267. The topological polar surface area (TPSA) is 54.9 Å². The van der Waals surface area contributed by atoms with Crippen LogP contribution in [0.3, 0.4) is 0 Å². The summed E-state index contributed by atoms with van der Waals surface area (Å²) in [7, 11) is 0. The average Bonchev–Trinajstić information content (AvgIpc) is 3.24. The Morgan fingerprint density at radius 3 is 2.70 bits per heavy atom. The Kier molecular flexibility index (Phi) is 3.18. The van der Waals surface area contributed by atoms with Crippen molar-refractivity contribution in [2.75, 3.05) is 0 Å². The second-order valence-corrected chi connectivity index (χ2v) is 5.00. The summed E-state index contributed by atoms with van der Waals surface area (Å²) >= 11 is 0. The molecule has 4 nitrogen and oxygen atoms in total.